The van der Waals surface area contributed by atoms with Gasteiger partial charge in [-0.2, -0.15) is 0 Å². The smallest absolute Gasteiger partial charge is 0.475 e. The maximum Gasteiger partial charge on any atom is 0.475 e. The number of methoxy groups -OCH3 is 1. The third kappa shape index (κ3) is 6.19. The van der Waals surface area contributed by atoms with E-state index >= 15 is 0 Å². The van der Waals surface area contributed by atoms with Crippen LogP contribution in [0.1, 0.15) is 37.8 Å². The second-order valence-corrected chi connectivity index (χ2v) is 7.94. The number of carbonyl (C=O) groups is 2. The lowest BCUT2D eigenvalue weighted by Crippen LogP contribution is -2.56. The zero-order valence-corrected chi connectivity index (χ0v) is 17.2. The molecule has 1 unspecified atom stereocenters. The summed E-state index contributed by atoms with van der Waals surface area (Å²) in [6.45, 7) is 3.20. The number of rotatable bonds is 9. The predicted octanol–water partition coefficient (Wildman–Crippen LogP) is -0.180. The van der Waals surface area contributed by atoms with Gasteiger partial charge in [0, 0.05) is 5.92 Å². The highest BCUT2D eigenvalue weighted by atomic mass is 16.5. The maximum absolute atomic E-state index is 12.7. The van der Waals surface area contributed by atoms with E-state index < -0.39 is 31.6 Å². The van der Waals surface area contributed by atoms with Crippen LogP contribution < -0.4 is 15.4 Å². The molecular formula is C20H31BN2O6. The van der Waals surface area contributed by atoms with Gasteiger partial charge in [0.15, 0.2) is 0 Å². The number of nitrogens with one attached hydrogen (secondary N) is 2. The average molecular weight is 406 g/mol. The summed E-state index contributed by atoms with van der Waals surface area (Å²) in [6, 6.07) is 4.64. The molecule has 0 bridgehead atoms. The van der Waals surface area contributed by atoms with Gasteiger partial charge in [-0.25, -0.2) is 0 Å². The van der Waals surface area contributed by atoms with Gasteiger partial charge < -0.3 is 30.5 Å². The van der Waals surface area contributed by atoms with Crippen LogP contribution in [0, 0.1) is 11.8 Å². The van der Waals surface area contributed by atoms with Crippen molar-refractivity contribution >= 4 is 18.9 Å². The van der Waals surface area contributed by atoms with Crippen molar-refractivity contribution in [3.05, 3.63) is 29.3 Å². The second-order valence-electron chi connectivity index (χ2n) is 7.94. The van der Waals surface area contributed by atoms with Gasteiger partial charge >= 0.3 is 7.12 Å². The van der Waals surface area contributed by atoms with Gasteiger partial charge in [-0.1, -0.05) is 26.0 Å². The predicted molar refractivity (Wildman–Crippen MR) is 109 cm³/mol. The molecule has 160 valence electrons. The maximum atomic E-state index is 12.7. The molecule has 0 aliphatic heterocycles. The molecule has 0 saturated heterocycles. The lowest BCUT2D eigenvalue weighted by molar-refractivity contribution is -0.132. The molecule has 8 nitrogen and oxygen atoms in total. The minimum absolute atomic E-state index is 0.126. The molecule has 0 saturated carbocycles. The summed E-state index contributed by atoms with van der Waals surface area (Å²) in [6.07, 6.45) is 2.22. The first-order chi connectivity index (χ1) is 13.8. The number of amides is 2. The molecule has 1 aromatic rings. The first kappa shape index (κ1) is 23.2. The van der Waals surface area contributed by atoms with E-state index in [9.17, 15) is 24.7 Å². The molecule has 9 heteroatoms. The van der Waals surface area contributed by atoms with Gasteiger partial charge in [0.2, 0.25) is 11.8 Å². The molecule has 1 aliphatic rings. The summed E-state index contributed by atoms with van der Waals surface area (Å²) in [5.41, 5.74) is 2.14. The molecule has 0 radical (unpaired) electrons. The lowest BCUT2D eigenvalue weighted by Gasteiger charge is -2.27. The van der Waals surface area contributed by atoms with Gasteiger partial charge in [0.05, 0.1) is 19.7 Å². The van der Waals surface area contributed by atoms with E-state index in [1.54, 1.807) is 7.11 Å². The average Bonchev–Trinajstić information content (AvgIpc) is 2.69. The van der Waals surface area contributed by atoms with E-state index in [0.29, 0.717) is 19.3 Å². The van der Waals surface area contributed by atoms with Crippen molar-refractivity contribution in [2.24, 2.45) is 11.8 Å². The topological polar surface area (TPSA) is 128 Å². The van der Waals surface area contributed by atoms with Crippen molar-refractivity contribution in [2.75, 3.05) is 13.7 Å². The Morgan fingerprint density at radius 3 is 2.59 bits per heavy atom. The van der Waals surface area contributed by atoms with Crippen molar-refractivity contribution < 1.29 is 29.5 Å². The van der Waals surface area contributed by atoms with Crippen LogP contribution in [0.25, 0.3) is 0 Å². The SMILES string of the molecule is COc1cccc2c1CC(C(=O)N[C@@H](CO)C(=O)N[C@@H](CC(C)C)B(O)O)CC2. The highest BCUT2D eigenvalue weighted by Gasteiger charge is 2.32. The van der Waals surface area contributed by atoms with Crippen molar-refractivity contribution in [3.63, 3.8) is 0 Å². The van der Waals surface area contributed by atoms with Crippen LogP contribution in [0.4, 0.5) is 0 Å². The molecule has 2 amide bonds. The summed E-state index contributed by atoms with van der Waals surface area (Å²) in [4.78, 5) is 25.2. The molecule has 1 aliphatic carbocycles. The minimum atomic E-state index is -1.72. The number of benzene rings is 1. The van der Waals surface area contributed by atoms with Crippen LogP contribution >= 0.6 is 0 Å². The Morgan fingerprint density at radius 1 is 1.28 bits per heavy atom. The van der Waals surface area contributed by atoms with Crippen LogP contribution in [-0.4, -0.2) is 59.8 Å². The number of hydrogen-bond acceptors (Lipinski definition) is 6. The Balaban J connectivity index is 2.01. The Labute approximate surface area is 171 Å². The molecule has 3 atom stereocenters. The number of fused-ring (bicyclic) bond motifs is 1. The Bertz CT molecular complexity index is 698. The van der Waals surface area contributed by atoms with Gasteiger partial charge in [0.1, 0.15) is 11.8 Å². The molecular weight excluding hydrogens is 375 g/mol. The molecule has 29 heavy (non-hydrogen) atoms. The van der Waals surface area contributed by atoms with Gasteiger partial charge in [-0.05, 0) is 48.8 Å². The first-order valence-corrected chi connectivity index (χ1v) is 9.99. The van der Waals surface area contributed by atoms with Crippen molar-refractivity contribution in [3.8, 4) is 5.75 Å². The summed E-state index contributed by atoms with van der Waals surface area (Å²) in [5, 5.41) is 33.6. The zero-order valence-electron chi connectivity index (χ0n) is 17.2. The fourth-order valence-electron chi connectivity index (χ4n) is 3.70. The summed E-state index contributed by atoms with van der Waals surface area (Å²) in [7, 11) is -0.132. The lowest BCUT2D eigenvalue weighted by atomic mass is 9.75. The number of carbonyl (C=O) groups excluding carboxylic acids is 2. The fraction of sp³-hybridized carbons (Fsp3) is 0.600. The third-order valence-electron chi connectivity index (χ3n) is 5.26. The Hall–Kier alpha value is -2.10. The molecule has 1 aromatic carbocycles. The largest absolute Gasteiger partial charge is 0.496 e. The zero-order chi connectivity index (χ0) is 21.6. The number of ether oxygens (including phenoxy) is 1. The van der Waals surface area contributed by atoms with Gasteiger partial charge in [-0.15, -0.1) is 0 Å². The van der Waals surface area contributed by atoms with Crippen LogP contribution in [-0.2, 0) is 22.4 Å². The Kier molecular flexibility index (Phi) is 8.49. The molecule has 0 aromatic heterocycles. The van der Waals surface area contributed by atoms with E-state index in [1.807, 2.05) is 32.0 Å². The molecule has 0 fully saturated rings. The molecule has 5 N–H and O–H groups in total. The van der Waals surface area contributed by atoms with Crippen LogP contribution in [0.5, 0.6) is 5.75 Å². The third-order valence-corrected chi connectivity index (χ3v) is 5.26. The molecule has 2 rings (SSSR count). The number of aryl methyl sites for hydroxylation is 1. The number of aliphatic hydroxyl groups excluding tert-OH is 1. The second kappa shape index (κ2) is 10.6. The van der Waals surface area contributed by atoms with Gasteiger partial charge in [0.25, 0.3) is 0 Å². The number of aliphatic hydroxyl groups is 1. The highest BCUT2D eigenvalue weighted by Crippen LogP contribution is 2.32. The minimum Gasteiger partial charge on any atom is -0.496 e. The van der Waals surface area contributed by atoms with Crippen molar-refractivity contribution in [1.82, 2.24) is 10.6 Å². The van der Waals surface area contributed by atoms with Crippen LogP contribution in [0.15, 0.2) is 18.2 Å². The van der Waals surface area contributed by atoms with Crippen LogP contribution in [0.2, 0.25) is 0 Å². The summed E-state index contributed by atoms with van der Waals surface area (Å²) in [5.74, 6) is -1.31. The van der Waals surface area contributed by atoms with Crippen molar-refractivity contribution in [1.29, 1.82) is 0 Å². The quantitative estimate of drug-likeness (QED) is 0.362. The molecule has 0 heterocycles. The van der Waals surface area contributed by atoms with Crippen LogP contribution in [0.3, 0.4) is 0 Å². The number of hydrogen-bond donors (Lipinski definition) is 5. The summed E-state index contributed by atoms with van der Waals surface area (Å²) >= 11 is 0. The summed E-state index contributed by atoms with van der Waals surface area (Å²) < 4.78 is 5.40. The standard InChI is InChI=1S/C20H31BN2O6/c1-12(2)9-18(21(27)28)23-20(26)16(11-24)22-19(25)14-8-7-13-5-4-6-17(29-3)15(13)10-14/h4-6,12,14,16,18,24,27-28H,7-11H2,1-3H3,(H,22,25)(H,23,26)/t14?,16-,18-/m0/s1. The van der Waals surface area contributed by atoms with E-state index in [-0.39, 0.29) is 17.7 Å². The van der Waals surface area contributed by atoms with E-state index in [0.717, 1.165) is 23.3 Å². The molecule has 0 spiro atoms. The first-order valence-electron chi connectivity index (χ1n) is 9.99. The Morgan fingerprint density at radius 2 is 2.00 bits per heavy atom. The van der Waals surface area contributed by atoms with E-state index in [4.69, 9.17) is 4.74 Å². The fourth-order valence-corrected chi connectivity index (χ4v) is 3.70. The van der Waals surface area contributed by atoms with Gasteiger partial charge in [-0.3, -0.25) is 9.59 Å². The monoisotopic (exact) mass is 406 g/mol. The van der Waals surface area contributed by atoms with E-state index in [2.05, 4.69) is 10.6 Å². The highest BCUT2D eigenvalue weighted by molar-refractivity contribution is 6.43. The van der Waals surface area contributed by atoms with Crippen molar-refractivity contribution in [2.45, 2.75) is 51.5 Å². The normalized spacial score (nSPS) is 17.8. The van der Waals surface area contributed by atoms with E-state index in [1.165, 1.54) is 0 Å².